The molecule has 1 unspecified atom stereocenters. The maximum Gasteiger partial charge on any atom is 0.277 e. The average molecular weight is 461 g/mol. The Hall–Kier alpha value is -3.52. The van der Waals surface area contributed by atoms with Crippen LogP contribution in [0.3, 0.4) is 0 Å². The molecule has 168 valence electrons. The van der Waals surface area contributed by atoms with Crippen molar-refractivity contribution in [2.45, 2.75) is 38.5 Å². The van der Waals surface area contributed by atoms with Crippen LogP contribution in [-0.2, 0) is 22.4 Å². The molecule has 2 aromatic heterocycles. The molecule has 33 heavy (non-hydrogen) atoms. The number of hydrogen-bond acceptors (Lipinski definition) is 5. The Morgan fingerprint density at radius 2 is 1.79 bits per heavy atom. The summed E-state index contributed by atoms with van der Waals surface area (Å²) in [6.07, 6.45) is 2.04. The molecular weight excluding hydrogens is 436 g/mol. The lowest BCUT2D eigenvalue weighted by Gasteiger charge is -2.15. The van der Waals surface area contributed by atoms with E-state index in [0.717, 1.165) is 22.2 Å². The quantitative estimate of drug-likeness (QED) is 0.425. The normalized spacial score (nSPS) is 16.3. The predicted molar refractivity (Wildman–Crippen MR) is 128 cm³/mol. The van der Waals surface area contributed by atoms with Gasteiger partial charge in [-0.25, -0.2) is 4.98 Å². The molecule has 1 aliphatic rings. The molecule has 0 spiro atoms. The van der Waals surface area contributed by atoms with E-state index in [9.17, 15) is 14.4 Å². The van der Waals surface area contributed by atoms with Gasteiger partial charge in [-0.2, -0.15) is 4.68 Å². The van der Waals surface area contributed by atoms with Crippen LogP contribution in [0.1, 0.15) is 42.5 Å². The van der Waals surface area contributed by atoms with Crippen molar-refractivity contribution in [3.8, 4) is 5.13 Å². The monoisotopic (exact) mass is 460 g/mol. The highest BCUT2D eigenvalue weighted by atomic mass is 32.1. The molecule has 4 aromatic rings. The van der Waals surface area contributed by atoms with E-state index in [-0.39, 0.29) is 23.8 Å². The van der Waals surface area contributed by atoms with Crippen LogP contribution in [-0.4, -0.2) is 38.0 Å². The fourth-order valence-corrected chi connectivity index (χ4v) is 5.34. The third kappa shape index (κ3) is 3.91. The first-order chi connectivity index (χ1) is 16.1. The third-order valence-corrected chi connectivity index (χ3v) is 7.06. The van der Waals surface area contributed by atoms with Crippen LogP contribution in [0.4, 0.5) is 0 Å². The second-order valence-electron chi connectivity index (χ2n) is 8.23. The van der Waals surface area contributed by atoms with E-state index in [0.29, 0.717) is 35.8 Å². The standard InChI is InChI=1S/C25H24N4O3S/c1-2-8-19-22(24(32)29(27-19)25-26-18-11-6-7-12-20(18)33-25)17-15-21(30)28(23(17)31)14-13-16-9-4-3-5-10-16/h3-7,9-12,17,27H,2,8,13-15H2,1H3. The molecule has 0 aliphatic carbocycles. The molecule has 2 amide bonds. The molecular formula is C25H24N4O3S. The van der Waals surface area contributed by atoms with Gasteiger partial charge in [0.1, 0.15) is 0 Å². The summed E-state index contributed by atoms with van der Waals surface area (Å²) in [5.74, 6) is -1.27. The van der Waals surface area contributed by atoms with Crippen LogP contribution >= 0.6 is 11.3 Å². The number of likely N-dealkylation sites (tertiary alicyclic amines) is 1. The highest BCUT2D eigenvalue weighted by Crippen LogP contribution is 2.31. The number of para-hydroxylation sites is 1. The summed E-state index contributed by atoms with van der Waals surface area (Å²) in [5, 5.41) is 3.71. The number of amides is 2. The molecule has 2 aromatic carbocycles. The van der Waals surface area contributed by atoms with Gasteiger partial charge in [-0.15, -0.1) is 0 Å². The smallest absolute Gasteiger partial charge is 0.277 e. The summed E-state index contributed by atoms with van der Waals surface area (Å²) in [6.45, 7) is 2.34. The van der Waals surface area contributed by atoms with E-state index < -0.39 is 5.92 Å². The maximum absolute atomic E-state index is 13.5. The lowest BCUT2D eigenvalue weighted by atomic mass is 9.96. The Bertz CT molecular complexity index is 1350. The Labute approximate surface area is 194 Å². The predicted octanol–water partition coefficient (Wildman–Crippen LogP) is 3.81. The number of benzene rings is 2. The Morgan fingerprint density at radius 1 is 1.03 bits per heavy atom. The number of carbonyl (C=O) groups excluding carboxylic acids is 2. The van der Waals surface area contributed by atoms with Gasteiger partial charge in [0.2, 0.25) is 16.9 Å². The Kier molecular flexibility index (Phi) is 5.68. The summed E-state index contributed by atoms with van der Waals surface area (Å²) in [5.41, 5.74) is 2.69. The molecule has 0 saturated carbocycles. The van der Waals surface area contributed by atoms with Crippen LogP contribution in [0.15, 0.2) is 59.4 Å². The maximum atomic E-state index is 13.5. The number of thiazole rings is 1. The second kappa shape index (κ2) is 8.78. The number of rotatable bonds is 7. The van der Waals surface area contributed by atoms with Gasteiger partial charge in [-0.05, 0) is 30.5 Å². The molecule has 7 nitrogen and oxygen atoms in total. The van der Waals surface area contributed by atoms with Gasteiger partial charge >= 0.3 is 0 Å². The zero-order valence-electron chi connectivity index (χ0n) is 18.3. The van der Waals surface area contributed by atoms with Crippen molar-refractivity contribution in [3.05, 3.63) is 81.8 Å². The average Bonchev–Trinajstić information content (AvgIpc) is 3.47. The number of aromatic nitrogens is 3. The molecule has 1 aliphatic heterocycles. The number of nitrogens with one attached hydrogen (secondary N) is 1. The first kappa shape index (κ1) is 21.3. The van der Waals surface area contributed by atoms with Gasteiger partial charge in [0, 0.05) is 18.7 Å². The SMILES string of the molecule is CCCc1[nH]n(-c2nc3ccccc3s2)c(=O)c1C1CC(=O)N(CCc2ccccc2)C1=O. The summed E-state index contributed by atoms with van der Waals surface area (Å²) in [7, 11) is 0. The first-order valence-electron chi connectivity index (χ1n) is 11.1. The molecule has 5 rings (SSSR count). The van der Waals surface area contributed by atoms with Crippen molar-refractivity contribution in [2.75, 3.05) is 6.54 Å². The summed E-state index contributed by atoms with van der Waals surface area (Å²) >= 11 is 1.41. The van der Waals surface area contributed by atoms with Crippen LogP contribution in [0.5, 0.6) is 0 Å². The van der Waals surface area contributed by atoms with Gasteiger partial charge in [0.05, 0.1) is 21.7 Å². The summed E-state index contributed by atoms with van der Waals surface area (Å²) in [4.78, 5) is 45.4. The molecule has 0 bridgehead atoms. The minimum Gasteiger partial charge on any atom is -0.293 e. The second-order valence-corrected chi connectivity index (χ2v) is 9.24. The van der Waals surface area contributed by atoms with E-state index >= 15 is 0 Å². The van der Waals surface area contributed by atoms with Gasteiger partial charge in [0.15, 0.2) is 0 Å². The van der Waals surface area contributed by atoms with Crippen LogP contribution in [0.25, 0.3) is 15.3 Å². The van der Waals surface area contributed by atoms with Crippen LogP contribution < -0.4 is 5.56 Å². The minimum atomic E-state index is -0.755. The summed E-state index contributed by atoms with van der Waals surface area (Å²) < 4.78 is 2.40. The fourth-order valence-electron chi connectivity index (χ4n) is 4.41. The lowest BCUT2D eigenvalue weighted by molar-refractivity contribution is -0.138. The Morgan fingerprint density at radius 3 is 2.55 bits per heavy atom. The third-order valence-electron chi connectivity index (χ3n) is 6.04. The number of fused-ring (bicyclic) bond motifs is 1. The number of carbonyl (C=O) groups is 2. The Balaban J connectivity index is 1.47. The lowest BCUT2D eigenvalue weighted by Crippen LogP contribution is -2.33. The molecule has 1 N–H and O–H groups in total. The number of aromatic amines is 1. The highest BCUT2D eigenvalue weighted by molar-refractivity contribution is 7.20. The van der Waals surface area contributed by atoms with Crippen molar-refractivity contribution in [3.63, 3.8) is 0 Å². The number of aryl methyl sites for hydroxylation is 1. The van der Waals surface area contributed by atoms with Crippen molar-refractivity contribution in [2.24, 2.45) is 0 Å². The van der Waals surface area contributed by atoms with Crippen molar-refractivity contribution in [1.82, 2.24) is 19.7 Å². The van der Waals surface area contributed by atoms with E-state index in [1.165, 1.54) is 20.9 Å². The van der Waals surface area contributed by atoms with Crippen molar-refractivity contribution in [1.29, 1.82) is 0 Å². The molecule has 3 heterocycles. The molecule has 1 fully saturated rings. The van der Waals surface area contributed by atoms with E-state index in [4.69, 9.17) is 0 Å². The van der Waals surface area contributed by atoms with Gasteiger partial charge in [-0.1, -0.05) is 67.1 Å². The number of nitrogens with zero attached hydrogens (tertiary/aromatic N) is 3. The van der Waals surface area contributed by atoms with Gasteiger partial charge < -0.3 is 0 Å². The molecule has 1 saturated heterocycles. The van der Waals surface area contributed by atoms with Gasteiger partial charge in [0.25, 0.3) is 5.56 Å². The molecule has 1 atom stereocenters. The first-order valence-corrected chi connectivity index (χ1v) is 12.0. The zero-order chi connectivity index (χ0) is 22.9. The number of imide groups is 1. The van der Waals surface area contributed by atoms with Crippen molar-refractivity contribution < 1.29 is 9.59 Å². The van der Waals surface area contributed by atoms with Crippen molar-refractivity contribution >= 4 is 33.4 Å². The fraction of sp³-hybridized carbons (Fsp3) is 0.280. The van der Waals surface area contributed by atoms with Gasteiger partial charge in [-0.3, -0.25) is 24.4 Å². The summed E-state index contributed by atoms with van der Waals surface area (Å²) in [6, 6.07) is 17.5. The van der Waals surface area contributed by atoms with E-state index in [2.05, 4.69) is 10.1 Å². The topological polar surface area (TPSA) is 88.1 Å². The minimum absolute atomic E-state index is 0.0251. The highest BCUT2D eigenvalue weighted by Gasteiger charge is 2.42. The molecule has 0 radical (unpaired) electrons. The largest absolute Gasteiger partial charge is 0.293 e. The number of hydrogen-bond donors (Lipinski definition) is 1. The van der Waals surface area contributed by atoms with E-state index in [1.54, 1.807) is 0 Å². The van der Waals surface area contributed by atoms with Crippen LogP contribution in [0, 0.1) is 0 Å². The van der Waals surface area contributed by atoms with Crippen LogP contribution in [0.2, 0.25) is 0 Å². The zero-order valence-corrected chi connectivity index (χ0v) is 19.1. The molecule has 8 heteroatoms. The van der Waals surface area contributed by atoms with E-state index in [1.807, 2.05) is 61.5 Å². The number of H-pyrrole nitrogens is 1.